The molecule has 2 N–H and O–H groups in total. The van der Waals surface area contributed by atoms with Crippen molar-refractivity contribution < 1.29 is 14.3 Å². The van der Waals surface area contributed by atoms with Gasteiger partial charge in [0.15, 0.2) is 11.5 Å². The van der Waals surface area contributed by atoms with Gasteiger partial charge in [-0.3, -0.25) is 4.79 Å². The van der Waals surface area contributed by atoms with E-state index in [0.29, 0.717) is 34.5 Å². The summed E-state index contributed by atoms with van der Waals surface area (Å²) in [6.45, 7) is 4.88. The fourth-order valence-corrected chi connectivity index (χ4v) is 2.35. The van der Waals surface area contributed by atoms with Crippen molar-refractivity contribution in [2.24, 2.45) is 11.7 Å². The highest BCUT2D eigenvalue weighted by atomic mass is 35.5. The van der Waals surface area contributed by atoms with Crippen LogP contribution < -0.4 is 15.2 Å². The number of fused-ring (bicyclic) bond motifs is 1. The van der Waals surface area contributed by atoms with Crippen molar-refractivity contribution in [3.63, 3.8) is 0 Å². The highest BCUT2D eigenvalue weighted by Crippen LogP contribution is 2.39. The van der Waals surface area contributed by atoms with Crippen LogP contribution in [0.15, 0.2) is 12.1 Å². The van der Waals surface area contributed by atoms with Crippen LogP contribution in [-0.2, 0) is 0 Å². The minimum absolute atomic E-state index is 0. The molecule has 1 aromatic rings. The molecule has 0 spiro atoms. The molecule has 0 radical (unpaired) electrons. The highest BCUT2D eigenvalue weighted by Gasteiger charge is 2.22. The van der Waals surface area contributed by atoms with E-state index >= 15 is 0 Å². The van der Waals surface area contributed by atoms with Crippen LogP contribution in [0.3, 0.4) is 0 Å². The van der Waals surface area contributed by atoms with E-state index in [9.17, 15) is 4.79 Å². The first-order valence-corrected chi connectivity index (χ1v) is 7.38. The van der Waals surface area contributed by atoms with Crippen LogP contribution in [0.5, 0.6) is 11.5 Å². The van der Waals surface area contributed by atoms with Crippen LogP contribution in [0.25, 0.3) is 0 Å². The monoisotopic (exact) mass is 348 g/mol. The Morgan fingerprint density at radius 2 is 2.09 bits per heavy atom. The summed E-state index contributed by atoms with van der Waals surface area (Å²) < 4.78 is 10.5. The van der Waals surface area contributed by atoms with Crippen LogP contribution in [0.2, 0.25) is 5.02 Å². The predicted octanol–water partition coefficient (Wildman–Crippen LogP) is 2.94. The smallest absolute Gasteiger partial charge is 0.253 e. The van der Waals surface area contributed by atoms with Crippen LogP contribution >= 0.6 is 24.0 Å². The van der Waals surface area contributed by atoms with E-state index in [-0.39, 0.29) is 31.1 Å². The average Bonchev–Trinajstić information content (AvgIpc) is 2.92. The molecule has 124 valence electrons. The third-order valence-electron chi connectivity index (χ3n) is 3.68. The molecule has 0 aromatic heterocycles. The molecule has 1 heterocycles. The van der Waals surface area contributed by atoms with Gasteiger partial charge in [-0.2, -0.15) is 0 Å². The van der Waals surface area contributed by atoms with Gasteiger partial charge in [-0.05, 0) is 24.5 Å². The van der Waals surface area contributed by atoms with Crippen LogP contribution in [0.1, 0.15) is 30.6 Å². The Balaban J connectivity index is 0.00000242. The van der Waals surface area contributed by atoms with Gasteiger partial charge >= 0.3 is 0 Å². The van der Waals surface area contributed by atoms with Crippen molar-refractivity contribution in [1.82, 2.24) is 4.90 Å². The summed E-state index contributed by atoms with van der Waals surface area (Å²) in [7, 11) is 1.76. The fourth-order valence-electron chi connectivity index (χ4n) is 2.09. The van der Waals surface area contributed by atoms with E-state index < -0.39 is 0 Å². The average molecular weight is 349 g/mol. The molecule has 0 bridgehead atoms. The molecule has 0 saturated carbocycles. The van der Waals surface area contributed by atoms with Gasteiger partial charge < -0.3 is 20.1 Å². The summed E-state index contributed by atoms with van der Waals surface area (Å²) in [6.07, 6.45) is 0.762. The number of halogens is 2. The number of carbonyl (C=O) groups is 1. The first-order chi connectivity index (χ1) is 9.90. The molecule has 0 fully saturated rings. The van der Waals surface area contributed by atoms with Crippen molar-refractivity contribution in [3.8, 4) is 11.5 Å². The van der Waals surface area contributed by atoms with Crippen LogP contribution in [-0.4, -0.2) is 37.2 Å². The summed E-state index contributed by atoms with van der Waals surface area (Å²) in [5, 5.41) is 0.389. The number of nitrogens with two attached hydrogens (primary N) is 1. The molecule has 0 saturated heterocycles. The van der Waals surface area contributed by atoms with Gasteiger partial charge in [0.05, 0.1) is 5.02 Å². The number of hydrogen-bond acceptors (Lipinski definition) is 4. The SMILES string of the molecule is CC(C)C(N)CCN(C)C(=O)c1cc(Cl)c2c(c1)OCO2.Cl. The molecule has 1 unspecified atom stereocenters. The van der Waals surface area contributed by atoms with Gasteiger partial charge in [0, 0.05) is 25.2 Å². The Morgan fingerprint density at radius 1 is 1.41 bits per heavy atom. The van der Waals surface area contributed by atoms with Crippen LogP contribution in [0.4, 0.5) is 0 Å². The maximum Gasteiger partial charge on any atom is 0.253 e. The maximum absolute atomic E-state index is 12.4. The largest absolute Gasteiger partial charge is 0.454 e. The second-order valence-electron chi connectivity index (χ2n) is 5.62. The Labute approximate surface area is 142 Å². The van der Waals surface area contributed by atoms with E-state index in [4.69, 9.17) is 26.8 Å². The molecule has 7 heteroatoms. The lowest BCUT2D eigenvalue weighted by atomic mass is 10.0. The Bertz CT molecular complexity index is 538. The van der Waals surface area contributed by atoms with E-state index in [2.05, 4.69) is 13.8 Å². The number of carbonyl (C=O) groups excluding carboxylic acids is 1. The zero-order chi connectivity index (χ0) is 15.6. The van der Waals surface area contributed by atoms with Gasteiger partial charge in [-0.15, -0.1) is 12.4 Å². The van der Waals surface area contributed by atoms with Gasteiger partial charge in [-0.25, -0.2) is 0 Å². The van der Waals surface area contributed by atoms with Gasteiger partial charge in [0.1, 0.15) is 0 Å². The molecule has 1 amide bonds. The second-order valence-corrected chi connectivity index (χ2v) is 6.02. The topological polar surface area (TPSA) is 64.8 Å². The number of nitrogens with zero attached hydrogens (tertiary/aromatic N) is 1. The van der Waals surface area contributed by atoms with E-state index in [0.717, 1.165) is 6.42 Å². The molecule has 0 aliphatic carbocycles. The quantitative estimate of drug-likeness (QED) is 0.888. The molecule has 1 aliphatic heterocycles. The van der Waals surface area contributed by atoms with E-state index in [1.54, 1.807) is 24.1 Å². The molecule has 22 heavy (non-hydrogen) atoms. The zero-order valence-electron chi connectivity index (χ0n) is 13.0. The molecule has 5 nitrogen and oxygen atoms in total. The van der Waals surface area contributed by atoms with Crippen molar-refractivity contribution in [2.75, 3.05) is 20.4 Å². The summed E-state index contributed by atoms with van der Waals surface area (Å²) in [6, 6.07) is 3.35. The second kappa shape index (κ2) is 7.90. The van der Waals surface area contributed by atoms with E-state index in [1.165, 1.54) is 0 Å². The number of benzene rings is 1. The van der Waals surface area contributed by atoms with Crippen molar-refractivity contribution in [2.45, 2.75) is 26.3 Å². The van der Waals surface area contributed by atoms with Crippen molar-refractivity contribution in [3.05, 3.63) is 22.7 Å². The minimum atomic E-state index is -0.105. The third kappa shape index (κ3) is 4.18. The van der Waals surface area contributed by atoms with Gasteiger partial charge in [0.2, 0.25) is 6.79 Å². The highest BCUT2D eigenvalue weighted by molar-refractivity contribution is 6.32. The van der Waals surface area contributed by atoms with Crippen LogP contribution in [0, 0.1) is 5.92 Å². The summed E-state index contributed by atoms with van der Waals surface area (Å²) in [4.78, 5) is 14.1. The number of hydrogen-bond donors (Lipinski definition) is 1. The van der Waals surface area contributed by atoms with Crippen molar-refractivity contribution in [1.29, 1.82) is 0 Å². The standard InChI is InChI=1S/C15H21ClN2O3.ClH/c1-9(2)12(17)4-5-18(3)15(19)10-6-11(16)14-13(7-10)20-8-21-14;/h6-7,9,12H,4-5,8,17H2,1-3H3;1H. The normalized spacial score (nSPS) is 13.7. The van der Waals surface area contributed by atoms with Gasteiger partial charge in [0.25, 0.3) is 5.91 Å². The first kappa shape index (κ1) is 18.9. The lowest BCUT2D eigenvalue weighted by molar-refractivity contribution is 0.0788. The number of amides is 1. The number of rotatable bonds is 5. The predicted molar refractivity (Wildman–Crippen MR) is 89.2 cm³/mol. The molecular formula is C15H22Cl2N2O3. The van der Waals surface area contributed by atoms with Gasteiger partial charge in [-0.1, -0.05) is 25.4 Å². The fraction of sp³-hybridized carbons (Fsp3) is 0.533. The minimum Gasteiger partial charge on any atom is -0.454 e. The van der Waals surface area contributed by atoms with Crippen molar-refractivity contribution >= 4 is 29.9 Å². The summed E-state index contributed by atoms with van der Waals surface area (Å²) in [5.74, 6) is 1.30. The molecule has 1 atom stereocenters. The maximum atomic E-state index is 12.4. The lowest BCUT2D eigenvalue weighted by Gasteiger charge is -2.21. The summed E-state index contributed by atoms with van der Waals surface area (Å²) >= 11 is 6.10. The first-order valence-electron chi connectivity index (χ1n) is 7.00. The Kier molecular flexibility index (Phi) is 6.78. The third-order valence-corrected chi connectivity index (χ3v) is 3.96. The lowest BCUT2D eigenvalue weighted by Crippen LogP contribution is -2.34. The molecule has 1 aromatic carbocycles. The van der Waals surface area contributed by atoms with E-state index in [1.807, 2.05) is 0 Å². The molecular weight excluding hydrogens is 327 g/mol. The zero-order valence-corrected chi connectivity index (χ0v) is 14.5. The Morgan fingerprint density at radius 3 is 2.73 bits per heavy atom. The number of ether oxygens (including phenoxy) is 2. The summed E-state index contributed by atoms with van der Waals surface area (Å²) in [5.41, 5.74) is 6.50. The molecule has 1 aliphatic rings. The Hall–Kier alpha value is -1.17. The molecule has 2 rings (SSSR count).